The van der Waals surface area contributed by atoms with Gasteiger partial charge in [-0.25, -0.2) is 22.8 Å². The topological polar surface area (TPSA) is 150 Å². The minimum Gasteiger partial charge on any atom is -0.495 e. The van der Waals surface area contributed by atoms with Crippen molar-refractivity contribution in [2.45, 2.75) is 23.6 Å². The number of ether oxygens (including phenoxy) is 1. The number of nitrogens with one attached hydrogen (secondary N) is 3. The van der Waals surface area contributed by atoms with Crippen LogP contribution < -0.4 is 20.1 Å². The Hall–Kier alpha value is -4.73. The Balaban J connectivity index is 1.54. The number of hydrogen-bond acceptors (Lipinski definition) is 10. The number of para-hydroxylation sites is 1. The number of aliphatic hydroxyl groups excluding tert-OH is 1. The smallest absolute Gasteiger partial charge is 0.363 e. The summed E-state index contributed by atoms with van der Waals surface area (Å²) in [7, 11) is -2.42. The molecule has 11 nitrogen and oxygen atoms in total. The molecule has 5 N–H and O–H groups in total. The summed E-state index contributed by atoms with van der Waals surface area (Å²) in [6.07, 6.45) is 0. The van der Waals surface area contributed by atoms with Gasteiger partial charge in [0.05, 0.1) is 59.2 Å². The molecule has 13 heteroatoms. The lowest BCUT2D eigenvalue weighted by molar-refractivity contribution is -0.432. The van der Waals surface area contributed by atoms with Crippen LogP contribution in [0, 0.1) is 13.8 Å². The monoisotopic (exact) mass is 700 g/mol. The summed E-state index contributed by atoms with van der Waals surface area (Å²) in [6.45, 7) is 3.63. The zero-order chi connectivity index (χ0) is 34.5. The van der Waals surface area contributed by atoms with Gasteiger partial charge in [0, 0.05) is 39.6 Å². The number of aliphatic hydroxyl groups is 1. The van der Waals surface area contributed by atoms with Crippen molar-refractivity contribution in [3.63, 3.8) is 0 Å². The molecular weight excluding hydrogens is 667 g/mol. The molecule has 0 unspecified atom stereocenters. The maximum Gasteiger partial charge on any atom is 0.363 e. The lowest BCUT2D eigenvalue weighted by Crippen LogP contribution is -2.27. The van der Waals surface area contributed by atoms with E-state index in [1.807, 2.05) is 68.4 Å². The first-order valence-electron chi connectivity index (χ1n) is 15.2. The van der Waals surface area contributed by atoms with E-state index in [0.29, 0.717) is 55.1 Å². The fraction of sp³-hybridized carbons (Fsp3) is 0.139. The maximum atomic E-state index is 13.5. The summed E-state index contributed by atoms with van der Waals surface area (Å²) < 4.78 is 46.1. The summed E-state index contributed by atoms with van der Waals surface area (Å²) in [4.78, 5) is 0.706. The van der Waals surface area contributed by atoms with Crippen molar-refractivity contribution in [1.29, 1.82) is 0 Å². The molecule has 0 bridgehead atoms. The first kappa shape index (κ1) is 34.1. The van der Waals surface area contributed by atoms with Gasteiger partial charge in [-0.3, -0.25) is 0 Å². The number of fused-ring (bicyclic) bond motifs is 2. The van der Waals surface area contributed by atoms with E-state index in [2.05, 4.69) is 24.7 Å². The highest BCUT2D eigenvalue weighted by molar-refractivity contribution is 7.94. The van der Waals surface area contributed by atoms with Crippen LogP contribution in [-0.2, 0) is 19.4 Å². The second-order valence-corrected chi connectivity index (χ2v) is 13.6. The van der Waals surface area contributed by atoms with E-state index in [1.54, 1.807) is 49.6 Å². The zero-order valence-corrected chi connectivity index (χ0v) is 28.4. The molecule has 0 fully saturated rings. The third-order valence-corrected chi connectivity index (χ3v) is 10.0. The second-order valence-electron chi connectivity index (χ2n) is 11.1. The molecule has 49 heavy (non-hydrogen) atoms. The van der Waals surface area contributed by atoms with E-state index in [0.717, 1.165) is 34.5 Å². The predicted octanol–water partition coefficient (Wildman–Crippen LogP) is 8.35. The van der Waals surface area contributed by atoms with Crippen molar-refractivity contribution < 1.29 is 37.3 Å². The highest BCUT2D eigenvalue weighted by Crippen LogP contribution is 2.42. The fourth-order valence-corrected chi connectivity index (χ4v) is 7.34. The number of rotatable bonds is 13. The van der Waals surface area contributed by atoms with E-state index in [4.69, 9.17) is 14.4 Å². The van der Waals surface area contributed by atoms with E-state index in [-0.39, 0.29) is 18.0 Å². The molecule has 0 spiro atoms. The summed E-state index contributed by atoms with van der Waals surface area (Å²) >= 11 is 0.819. The standard InChI is InChI=1S/C36H33N3O8S2/c1-22-7-6-8-23(2)36(22)39-25-12-15-28-33(20-25)45-32-19-24(38-30-21-26(48-47-46-41)13-16-31(30)44-3)11-14-27(32)35(28)29-9-4-5-10-34(29)49(42,43)37-17-18-40/h4-16,19-21,37-40H,17-18H2,1-3H3/p+1. The Morgan fingerprint density at radius 1 is 0.816 bits per heavy atom. The normalized spacial score (nSPS) is 11.6. The van der Waals surface area contributed by atoms with Crippen molar-refractivity contribution in [2.75, 3.05) is 30.9 Å². The molecule has 1 aromatic heterocycles. The Morgan fingerprint density at radius 2 is 1.49 bits per heavy atom. The number of benzene rings is 5. The van der Waals surface area contributed by atoms with Gasteiger partial charge in [0.2, 0.25) is 10.0 Å². The average molecular weight is 701 g/mol. The van der Waals surface area contributed by atoms with E-state index >= 15 is 0 Å². The number of aryl methyl sites for hydroxylation is 2. The molecule has 0 atom stereocenters. The van der Waals surface area contributed by atoms with Gasteiger partial charge in [-0.1, -0.05) is 41.4 Å². The van der Waals surface area contributed by atoms with Gasteiger partial charge in [0.25, 0.3) is 0 Å². The second kappa shape index (κ2) is 14.8. The molecule has 252 valence electrons. The molecule has 0 amide bonds. The van der Waals surface area contributed by atoms with Crippen LogP contribution in [0.3, 0.4) is 0 Å². The predicted molar refractivity (Wildman–Crippen MR) is 192 cm³/mol. The van der Waals surface area contributed by atoms with Crippen LogP contribution in [0.5, 0.6) is 5.75 Å². The molecule has 0 radical (unpaired) electrons. The Kier molecular flexibility index (Phi) is 10.3. The molecule has 0 aliphatic rings. The zero-order valence-electron chi connectivity index (χ0n) is 26.8. The molecule has 6 rings (SSSR count). The number of sulfonamides is 1. The van der Waals surface area contributed by atoms with Crippen molar-refractivity contribution in [1.82, 2.24) is 4.72 Å². The molecule has 0 saturated heterocycles. The Labute approximate surface area is 287 Å². The molecule has 5 aromatic carbocycles. The highest BCUT2D eigenvalue weighted by atomic mass is 32.2. The van der Waals surface area contributed by atoms with Crippen LogP contribution in [-0.4, -0.2) is 39.0 Å². The first-order valence-corrected chi connectivity index (χ1v) is 17.4. The summed E-state index contributed by atoms with van der Waals surface area (Å²) in [6, 6.07) is 29.5. The van der Waals surface area contributed by atoms with Gasteiger partial charge >= 0.3 is 11.2 Å². The highest BCUT2D eigenvalue weighted by Gasteiger charge is 2.27. The van der Waals surface area contributed by atoms with Crippen molar-refractivity contribution in [3.8, 4) is 16.9 Å². The van der Waals surface area contributed by atoms with Crippen molar-refractivity contribution in [3.05, 3.63) is 108 Å². The average Bonchev–Trinajstić information content (AvgIpc) is 3.10. The van der Waals surface area contributed by atoms with Crippen LogP contribution in [0.4, 0.5) is 22.7 Å². The molecule has 0 aliphatic heterocycles. The Morgan fingerprint density at radius 3 is 2.14 bits per heavy atom. The van der Waals surface area contributed by atoms with Gasteiger partial charge < -0.3 is 20.5 Å². The van der Waals surface area contributed by atoms with Gasteiger partial charge in [0.15, 0.2) is 0 Å². The maximum absolute atomic E-state index is 13.5. The number of methoxy groups -OCH3 is 1. The van der Waals surface area contributed by atoms with Crippen LogP contribution in [0.15, 0.2) is 111 Å². The lowest BCUT2D eigenvalue weighted by Gasteiger charge is -2.15. The first-order chi connectivity index (χ1) is 23.7. The minimum absolute atomic E-state index is 0.0744. The summed E-state index contributed by atoms with van der Waals surface area (Å²) in [5.74, 6) is 0.558. The molecule has 0 saturated carbocycles. The van der Waals surface area contributed by atoms with Crippen LogP contribution in [0.1, 0.15) is 11.1 Å². The molecular formula is C36H34N3O8S2+. The summed E-state index contributed by atoms with van der Waals surface area (Å²) in [5.41, 5.74) is 7.42. The SMILES string of the molecule is COc1ccc(SOOO)cc1Nc1ccc2c(-c3ccccc3S(=O)(=O)NCCO)c3ccc(Nc4c(C)cccc4C)cc3[o+]c2c1. The van der Waals surface area contributed by atoms with Crippen LogP contribution in [0.2, 0.25) is 0 Å². The van der Waals surface area contributed by atoms with Crippen LogP contribution >= 0.6 is 12.0 Å². The third-order valence-electron chi connectivity index (χ3n) is 7.93. The molecule has 0 aliphatic carbocycles. The molecule has 6 aromatic rings. The van der Waals surface area contributed by atoms with Gasteiger partial charge in [-0.15, -0.1) is 4.33 Å². The van der Waals surface area contributed by atoms with Crippen molar-refractivity contribution in [2.24, 2.45) is 0 Å². The van der Waals surface area contributed by atoms with Crippen molar-refractivity contribution >= 4 is 66.8 Å². The third kappa shape index (κ3) is 7.33. The molecule has 1 heterocycles. The minimum atomic E-state index is -3.98. The van der Waals surface area contributed by atoms with Gasteiger partial charge in [-0.05, 0) is 73.5 Å². The van der Waals surface area contributed by atoms with E-state index in [1.165, 1.54) is 0 Å². The largest absolute Gasteiger partial charge is 0.495 e. The fourth-order valence-electron chi connectivity index (χ4n) is 5.70. The lowest BCUT2D eigenvalue weighted by atomic mass is 9.96. The summed E-state index contributed by atoms with van der Waals surface area (Å²) in [5, 5.41) is 29.9. The van der Waals surface area contributed by atoms with E-state index < -0.39 is 10.0 Å². The number of hydrogen-bond donors (Lipinski definition) is 5. The Bertz CT molecular complexity index is 2240. The van der Waals surface area contributed by atoms with Crippen LogP contribution in [0.25, 0.3) is 33.1 Å². The van der Waals surface area contributed by atoms with Gasteiger partial charge in [-0.2, -0.15) is 0 Å². The van der Waals surface area contributed by atoms with Gasteiger partial charge in [0.1, 0.15) is 5.75 Å². The number of anilines is 4. The quantitative estimate of drug-likeness (QED) is 0.0260. The van der Waals surface area contributed by atoms with E-state index in [9.17, 15) is 13.5 Å².